The second kappa shape index (κ2) is 6.45. The van der Waals surface area contributed by atoms with Crippen LogP contribution in [0.2, 0.25) is 0 Å². The molecule has 2 aliphatic rings. The smallest absolute Gasteiger partial charge is 0.220 e. The van der Waals surface area contributed by atoms with Gasteiger partial charge in [-0.25, -0.2) is 4.99 Å². The van der Waals surface area contributed by atoms with E-state index in [0.717, 1.165) is 31.4 Å². The highest BCUT2D eigenvalue weighted by Gasteiger charge is 2.42. The van der Waals surface area contributed by atoms with Crippen molar-refractivity contribution in [3.05, 3.63) is 24.3 Å². The Morgan fingerprint density at radius 3 is 2.48 bits per heavy atom. The lowest BCUT2D eigenvalue weighted by Gasteiger charge is -2.45. The molecule has 0 atom stereocenters. The fourth-order valence-electron chi connectivity index (χ4n) is 3.35. The Bertz CT molecular complexity index is 605. The summed E-state index contributed by atoms with van der Waals surface area (Å²) < 4.78 is 5.40. The summed E-state index contributed by atoms with van der Waals surface area (Å²) in [5, 5.41) is 8.82. The first kappa shape index (κ1) is 15.6. The third-order valence-corrected chi connectivity index (χ3v) is 4.31. The van der Waals surface area contributed by atoms with Gasteiger partial charge in [0, 0.05) is 5.69 Å². The lowest BCUT2D eigenvalue weighted by molar-refractivity contribution is 0.201. The maximum absolute atomic E-state index is 8.82. The van der Waals surface area contributed by atoms with Crippen molar-refractivity contribution in [2.75, 3.05) is 18.1 Å². The van der Waals surface area contributed by atoms with Crippen LogP contribution in [-0.2, 0) is 0 Å². The maximum Gasteiger partial charge on any atom is 0.220 e. The highest BCUT2D eigenvalue weighted by Crippen LogP contribution is 2.39. The predicted octanol–water partition coefficient (Wildman–Crippen LogP) is 1.17. The number of aliphatic hydroxyl groups is 1. The first-order valence-electron chi connectivity index (χ1n) is 7.98. The van der Waals surface area contributed by atoms with Gasteiger partial charge in [-0.1, -0.05) is 6.42 Å². The van der Waals surface area contributed by atoms with Crippen LogP contribution >= 0.6 is 0 Å². The van der Waals surface area contributed by atoms with Gasteiger partial charge in [-0.15, -0.1) is 0 Å². The summed E-state index contributed by atoms with van der Waals surface area (Å²) in [6.07, 6.45) is 5.21. The van der Waals surface area contributed by atoms with E-state index >= 15 is 0 Å². The summed E-state index contributed by atoms with van der Waals surface area (Å²) >= 11 is 0. The van der Waals surface area contributed by atoms with E-state index < -0.39 is 5.66 Å². The van der Waals surface area contributed by atoms with Gasteiger partial charge in [0.1, 0.15) is 18.0 Å². The molecule has 1 aliphatic carbocycles. The minimum Gasteiger partial charge on any atom is -0.491 e. The van der Waals surface area contributed by atoms with E-state index in [2.05, 4.69) is 9.98 Å². The molecule has 7 heteroatoms. The molecule has 1 fully saturated rings. The molecule has 1 saturated carbocycles. The minimum atomic E-state index is -0.429. The highest BCUT2D eigenvalue weighted by molar-refractivity contribution is 6.05. The standard InChI is InChI=1S/C16H23N5O2/c17-14-19-15(18)21(16(20-14)8-2-1-3-9-16)12-4-6-13(7-5-12)23-11-10-22/h4-7,22H,1-3,8-11H2,(H4,17,18,19,20). The summed E-state index contributed by atoms with van der Waals surface area (Å²) in [7, 11) is 0. The molecule has 0 bridgehead atoms. The number of rotatable bonds is 4. The predicted molar refractivity (Wildman–Crippen MR) is 90.6 cm³/mol. The lowest BCUT2D eigenvalue weighted by Crippen LogP contribution is -2.58. The molecular formula is C16H23N5O2. The molecule has 7 nitrogen and oxygen atoms in total. The molecule has 1 aromatic carbocycles. The lowest BCUT2D eigenvalue weighted by atomic mass is 9.87. The molecule has 1 heterocycles. The maximum atomic E-state index is 8.82. The van der Waals surface area contributed by atoms with E-state index in [4.69, 9.17) is 21.3 Å². The van der Waals surface area contributed by atoms with E-state index in [1.54, 1.807) is 0 Å². The number of aliphatic imine (C=N–C) groups is 2. The van der Waals surface area contributed by atoms with Crippen LogP contribution in [0, 0.1) is 0 Å². The van der Waals surface area contributed by atoms with Crippen LogP contribution in [0.1, 0.15) is 32.1 Å². The zero-order valence-electron chi connectivity index (χ0n) is 13.1. The molecule has 0 saturated heterocycles. The van der Waals surface area contributed by atoms with Gasteiger partial charge in [-0.2, -0.15) is 4.99 Å². The zero-order chi connectivity index (χ0) is 16.3. The van der Waals surface area contributed by atoms with Gasteiger partial charge < -0.3 is 21.3 Å². The molecule has 0 radical (unpaired) electrons. The summed E-state index contributed by atoms with van der Waals surface area (Å²) in [5.41, 5.74) is 12.5. The fraction of sp³-hybridized carbons (Fsp3) is 0.500. The number of hydrogen-bond acceptors (Lipinski definition) is 7. The monoisotopic (exact) mass is 317 g/mol. The largest absolute Gasteiger partial charge is 0.491 e. The van der Waals surface area contributed by atoms with Crippen molar-refractivity contribution < 1.29 is 9.84 Å². The molecule has 1 spiro atoms. The number of guanidine groups is 2. The average molecular weight is 317 g/mol. The Kier molecular flexibility index (Phi) is 4.38. The third-order valence-electron chi connectivity index (χ3n) is 4.31. The van der Waals surface area contributed by atoms with Gasteiger partial charge in [-0.3, -0.25) is 4.90 Å². The number of nitrogens with zero attached hydrogens (tertiary/aromatic N) is 3. The van der Waals surface area contributed by atoms with Gasteiger partial charge in [0.15, 0.2) is 0 Å². The van der Waals surface area contributed by atoms with Crippen molar-refractivity contribution >= 4 is 17.6 Å². The van der Waals surface area contributed by atoms with Crippen molar-refractivity contribution in [2.24, 2.45) is 21.5 Å². The Labute approximate surface area is 135 Å². The molecule has 0 unspecified atom stereocenters. The fourth-order valence-corrected chi connectivity index (χ4v) is 3.35. The van der Waals surface area contributed by atoms with Crippen molar-refractivity contribution in [3.63, 3.8) is 0 Å². The Balaban J connectivity index is 1.90. The molecule has 0 aromatic heterocycles. The first-order valence-corrected chi connectivity index (χ1v) is 7.98. The minimum absolute atomic E-state index is 0.00934. The third kappa shape index (κ3) is 3.10. The number of ether oxygens (including phenoxy) is 1. The molecular weight excluding hydrogens is 294 g/mol. The van der Waals surface area contributed by atoms with Gasteiger partial charge in [0.2, 0.25) is 11.9 Å². The summed E-state index contributed by atoms with van der Waals surface area (Å²) in [5.74, 6) is 1.34. The van der Waals surface area contributed by atoms with Gasteiger partial charge >= 0.3 is 0 Å². The molecule has 1 aromatic rings. The van der Waals surface area contributed by atoms with Gasteiger partial charge in [-0.05, 0) is 49.9 Å². The number of nitrogens with two attached hydrogens (primary N) is 2. The number of aliphatic hydroxyl groups excluding tert-OH is 1. The zero-order valence-corrected chi connectivity index (χ0v) is 13.1. The van der Waals surface area contributed by atoms with Crippen molar-refractivity contribution in [1.82, 2.24) is 0 Å². The van der Waals surface area contributed by atoms with E-state index in [-0.39, 0.29) is 19.2 Å². The molecule has 1 aliphatic heterocycles. The number of benzene rings is 1. The van der Waals surface area contributed by atoms with Crippen molar-refractivity contribution in [3.8, 4) is 5.75 Å². The SMILES string of the molecule is NC1=NC2(CCCCC2)N(c2ccc(OCCO)cc2)C(N)=N1. The highest BCUT2D eigenvalue weighted by atomic mass is 16.5. The van der Waals surface area contributed by atoms with E-state index in [1.165, 1.54) is 6.42 Å². The molecule has 23 heavy (non-hydrogen) atoms. The molecule has 3 rings (SSSR count). The van der Waals surface area contributed by atoms with Crippen LogP contribution < -0.4 is 21.1 Å². The second-order valence-corrected chi connectivity index (χ2v) is 5.88. The second-order valence-electron chi connectivity index (χ2n) is 5.88. The summed E-state index contributed by atoms with van der Waals surface area (Å²) in [6, 6.07) is 7.58. The Morgan fingerprint density at radius 2 is 1.83 bits per heavy atom. The van der Waals surface area contributed by atoms with Crippen molar-refractivity contribution in [1.29, 1.82) is 0 Å². The van der Waals surface area contributed by atoms with E-state index in [9.17, 15) is 0 Å². The van der Waals surface area contributed by atoms with Crippen LogP contribution in [0.3, 0.4) is 0 Å². The van der Waals surface area contributed by atoms with Crippen molar-refractivity contribution in [2.45, 2.75) is 37.8 Å². The molecule has 5 N–H and O–H groups in total. The van der Waals surface area contributed by atoms with Crippen LogP contribution in [-0.4, -0.2) is 35.9 Å². The van der Waals surface area contributed by atoms with Gasteiger partial charge in [0.25, 0.3) is 0 Å². The quantitative estimate of drug-likeness (QED) is 0.772. The topological polar surface area (TPSA) is 109 Å². The van der Waals surface area contributed by atoms with Crippen LogP contribution in [0.5, 0.6) is 5.75 Å². The number of anilines is 1. The summed E-state index contributed by atoms with van der Waals surface area (Å²) in [6.45, 7) is 0.266. The van der Waals surface area contributed by atoms with Crippen LogP contribution in [0.4, 0.5) is 5.69 Å². The summed E-state index contributed by atoms with van der Waals surface area (Å²) in [4.78, 5) is 10.8. The Morgan fingerprint density at radius 1 is 1.13 bits per heavy atom. The van der Waals surface area contributed by atoms with E-state index in [0.29, 0.717) is 11.7 Å². The first-order chi connectivity index (χ1) is 11.1. The molecule has 124 valence electrons. The van der Waals surface area contributed by atoms with Gasteiger partial charge in [0.05, 0.1) is 6.61 Å². The average Bonchev–Trinajstić information content (AvgIpc) is 2.54. The van der Waals surface area contributed by atoms with Crippen LogP contribution in [0.15, 0.2) is 34.3 Å². The normalized spacial score (nSPS) is 20.1. The van der Waals surface area contributed by atoms with E-state index in [1.807, 2.05) is 29.2 Å². The Hall–Kier alpha value is -2.28. The molecule has 0 amide bonds. The number of hydrogen-bond donors (Lipinski definition) is 3. The van der Waals surface area contributed by atoms with Crippen LogP contribution in [0.25, 0.3) is 0 Å².